The first-order valence-corrected chi connectivity index (χ1v) is 11.6. The molecule has 29 heavy (non-hydrogen) atoms. The number of aryl methyl sites for hydroxylation is 1. The second-order valence-electron chi connectivity index (χ2n) is 8.59. The maximum atomic E-state index is 5.12. The van der Waals surface area contributed by atoms with Crippen LogP contribution < -0.4 is 0 Å². The molecule has 1 rings (SSSR count). The van der Waals surface area contributed by atoms with Gasteiger partial charge in [-0.25, -0.2) is 0 Å². The van der Waals surface area contributed by atoms with E-state index in [1.807, 2.05) is 6.26 Å². The largest absolute Gasteiger partial charge is 0.472 e. The molecule has 1 nitrogen and oxygen atoms in total. The zero-order valence-electron chi connectivity index (χ0n) is 19.7. The summed E-state index contributed by atoms with van der Waals surface area (Å²) in [4.78, 5) is 0. The summed E-state index contributed by atoms with van der Waals surface area (Å²) in [5.41, 5.74) is 7.40. The average molecular weight is 397 g/mol. The van der Waals surface area contributed by atoms with Gasteiger partial charge in [-0.15, -0.1) is 0 Å². The second-order valence-corrected chi connectivity index (χ2v) is 8.59. The summed E-state index contributed by atoms with van der Waals surface area (Å²) in [6, 6.07) is 2.05. The molecule has 0 N–H and O–H groups in total. The zero-order valence-corrected chi connectivity index (χ0v) is 19.7. The molecule has 1 aromatic rings. The molecule has 1 heterocycles. The molecular weight excluding hydrogens is 352 g/mol. The van der Waals surface area contributed by atoms with Crippen LogP contribution in [0.3, 0.4) is 0 Å². The topological polar surface area (TPSA) is 13.1 Å². The highest BCUT2D eigenvalue weighted by molar-refractivity contribution is 5.09. The van der Waals surface area contributed by atoms with Gasteiger partial charge in [-0.1, -0.05) is 59.9 Å². The van der Waals surface area contributed by atoms with Crippen LogP contribution in [0.15, 0.2) is 69.6 Å². The first-order chi connectivity index (χ1) is 14.0. The molecule has 0 saturated carbocycles. The van der Waals surface area contributed by atoms with Gasteiger partial charge >= 0.3 is 0 Å². The number of unbranched alkanes of at least 4 members (excludes halogenated alkanes) is 1. The quantitative estimate of drug-likeness (QED) is 0.269. The zero-order chi connectivity index (χ0) is 21.3. The summed E-state index contributed by atoms with van der Waals surface area (Å²) in [5.74, 6) is 0. The number of allylic oxidation sites excluding steroid dienone is 8. The molecule has 162 valence electrons. The fraction of sp³-hybridized carbons (Fsp3) is 0.571. The van der Waals surface area contributed by atoms with E-state index in [2.05, 4.69) is 65.0 Å². The van der Waals surface area contributed by atoms with E-state index < -0.39 is 0 Å². The molecule has 0 atom stereocenters. The van der Waals surface area contributed by atoms with Crippen molar-refractivity contribution >= 4 is 0 Å². The Balaban J connectivity index is 2.18. The van der Waals surface area contributed by atoms with Crippen LogP contribution >= 0.6 is 0 Å². The number of rotatable bonds is 15. The Kier molecular flexibility index (Phi) is 14.0. The van der Waals surface area contributed by atoms with Crippen LogP contribution in [0.4, 0.5) is 0 Å². The molecule has 0 unspecified atom stereocenters. The molecule has 0 spiro atoms. The van der Waals surface area contributed by atoms with E-state index in [1.165, 1.54) is 73.6 Å². The van der Waals surface area contributed by atoms with Crippen LogP contribution in [0, 0.1) is 0 Å². The number of furan rings is 1. The molecule has 0 amide bonds. The van der Waals surface area contributed by atoms with Crippen molar-refractivity contribution in [2.45, 2.75) is 105 Å². The first kappa shape index (κ1) is 25.3. The van der Waals surface area contributed by atoms with Crippen molar-refractivity contribution < 1.29 is 4.42 Å². The highest BCUT2D eigenvalue weighted by Crippen LogP contribution is 2.15. The van der Waals surface area contributed by atoms with Crippen molar-refractivity contribution in [3.63, 3.8) is 0 Å². The number of hydrogen-bond acceptors (Lipinski definition) is 1. The SMILES string of the molecule is CCCCC(C)=CCCC(C)=CCCC(C)=CCCC(C)=CCCc1ccoc1. The van der Waals surface area contributed by atoms with Gasteiger partial charge in [-0.05, 0) is 104 Å². The van der Waals surface area contributed by atoms with E-state index in [9.17, 15) is 0 Å². The third-order valence-electron chi connectivity index (χ3n) is 5.53. The smallest absolute Gasteiger partial charge is 0.0934 e. The fourth-order valence-corrected chi connectivity index (χ4v) is 3.42. The predicted molar refractivity (Wildman–Crippen MR) is 129 cm³/mol. The van der Waals surface area contributed by atoms with Gasteiger partial charge in [0.25, 0.3) is 0 Å². The maximum absolute atomic E-state index is 5.12. The summed E-state index contributed by atoms with van der Waals surface area (Å²) in [7, 11) is 0. The Morgan fingerprint density at radius 2 is 1.21 bits per heavy atom. The molecule has 0 saturated heterocycles. The monoisotopic (exact) mass is 396 g/mol. The van der Waals surface area contributed by atoms with Crippen LogP contribution in [0.25, 0.3) is 0 Å². The van der Waals surface area contributed by atoms with E-state index >= 15 is 0 Å². The Morgan fingerprint density at radius 1 is 0.724 bits per heavy atom. The van der Waals surface area contributed by atoms with Gasteiger partial charge in [0.15, 0.2) is 0 Å². The summed E-state index contributed by atoms with van der Waals surface area (Å²) < 4.78 is 5.12. The van der Waals surface area contributed by atoms with Crippen LogP contribution in [0.5, 0.6) is 0 Å². The van der Waals surface area contributed by atoms with E-state index in [1.54, 1.807) is 11.8 Å². The Bertz CT molecular complexity index is 652. The van der Waals surface area contributed by atoms with Gasteiger partial charge in [-0.3, -0.25) is 0 Å². The third kappa shape index (κ3) is 14.0. The van der Waals surface area contributed by atoms with E-state index in [0.717, 1.165) is 19.3 Å². The van der Waals surface area contributed by atoms with Crippen molar-refractivity contribution in [2.24, 2.45) is 0 Å². The van der Waals surface area contributed by atoms with Gasteiger partial charge < -0.3 is 4.42 Å². The third-order valence-corrected chi connectivity index (χ3v) is 5.53. The second kappa shape index (κ2) is 16.1. The van der Waals surface area contributed by atoms with Crippen molar-refractivity contribution in [3.05, 3.63) is 70.8 Å². The summed E-state index contributed by atoms with van der Waals surface area (Å²) in [6.45, 7) is 11.4. The lowest BCUT2D eigenvalue weighted by atomic mass is 10.0. The molecule has 0 radical (unpaired) electrons. The Morgan fingerprint density at radius 3 is 1.66 bits per heavy atom. The summed E-state index contributed by atoms with van der Waals surface area (Å²) >= 11 is 0. The highest BCUT2D eigenvalue weighted by Gasteiger charge is 1.96. The highest BCUT2D eigenvalue weighted by atomic mass is 16.3. The molecular formula is C28H44O. The van der Waals surface area contributed by atoms with Crippen molar-refractivity contribution in [1.82, 2.24) is 0 Å². The molecule has 1 aromatic heterocycles. The molecule has 0 bridgehead atoms. The molecule has 0 fully saturated rings. The number of hydrogen-bond donors (Lipinski definition) is 0. The van der Waals surface area contributed by atoms with Crippen LogP contribution in [-0.2, 0) is 6.42 Å². The molecule has 0 aliphatic carbocycles. The van der Waals surface area contributed by atoms with Gasteiger partial charge in [-0.2, -0.15) is 0 Å². The molecule has 0 aliphatic heterocycles. The normalized spacial score (nSPS) is 14.0. The lowest BCUT2D eigenvalue weighted by Crippen LogP contribution is -1.84. The van der Waals surface area contributed by atoms with Gasteiger partial charge in [0.1, 0.15) is 0 Å². The van der Waals surface area contributed by atoms with Crippen molar-refractivity contribution in [3.8, 4) is 0 Å². The first-order valence-electron chi connectivity index (χ1n) is 11.6. The van der Waals surface area contributed by atoms with Gasteiger partial charge in [0.2, 0.25) is 0 Å². The minimum Gasteiger partial charge on any atom is -0.472 e. The maximum Gasteiger partial charge on any atom is 0.0934 e. The summed E-state index contributed by atoms with van der Waals surface area (Å²) in [6.07, 6.45) is 26.4. The van der Waals surface area contributed by atoms with Crippen molar-refractivity contribution in [2.75, 3.05) is 0 Å². The molecule has 0 aliphatic rings. The van der Waals surface area contributed by atoms with Crippen molar-refractivity contribution in [1.29, 1.82) is 0 Å². The van der Waals surface area contributed by atoms with Gasteiger partial charge in [0, 0.05) is 0 Å². The minimum atomic E-state index is 1.07. The predicted octanol–water partition coefficient (Wildman–Crippen LogP) is 9.53. The van der Waals surface area contributed by atoms with Gasteiger partial charge in [0.05, 0.1) is 12.5 Å². The Labute approximate surface area is 180 Å². The lowest BCUT2D eigenvalue weighted by molar-refractivity contribution is 0.564. The molecule has 1 heteroatoms. The minimum absolute atomic E-state index is 1.07. The van der Waals surface area contributed by atoms with E-state index in [-0.39, 0.29) is 0 Å². The van der Waals surface area contributed by atoms with Crippen LogP contribution in [0.1, 0.15) is 104 Å². The van der Waals surface area contributed by atoms with Crippen LogP contribution in [0.2, 0.25) is 0 Å². The standard InChI is InChI=1S/C28H44O/c1-6-7-12-24(2)13-8-14-25(3)15-9-16-26(4)17-10-18-27(5)19-11-20-28-21-22-29-23-28/h13,15,17,19,21-23H,6-12,14,16,18,20H2,1-5H3. The van der Waals surface area contributed by atoms with E-state index in [4.69, 9.17) is 4.42 Å². The summed E-state index contributed by atoms with van der Waals surface area (Å²) in [5, 5.41) is 0. The Hall–Kier alpha value is -1.76. The average Bonchev–Trinajstić information content (AvgIpc) is 3.20. The lowest BCUT2D eigenvalue weighted by Gasteiger charge is -2.03. The van der Waals surface area contributed by atoms with Crippen LogP contribution in [-0.4, -0.2) is 0 Å². The fourth-order valence-electron chi connectivity index (χ4n) is 3.42. The molecule has 0 aromatic carbocycles. The van der Waals surface area contributed by atoms with E-state index in [0.29, 0.717) is 0 Å².